The van der Waals surface area contributed by atoms with Crippen molar-refractivity contribution >= 4 is 11.8 Å². The van der Waals surface area contributed by atoms with Crippen LogP contribution < -0.4 is 5.32 Å². The van der Waals surface area contributed by atoms with Crippen LogP contribution >= 0.6 is 11.8 Å². The van der Waals surface area contributed by atoms with E-state index in [0.29, 0.717) is 0 Å². The lowest BCUT2D eigenvalue weighted by atomic mass is 10.1. The van der Waals surface area contributed by atoms with Gasteiger partial charge in [-0.15, -0.1) is 11.8 Å². The fourth-order valence-corrected chi connectivity index (χ4v) is 2.99. The first-order valence-electron chi connectivity index (χ1n) is 6.61. The minimum Gasteiger partial charge on any atom is -0.316 e. The largest absolute Gasteiger partial charge is 0.316 e. The second-order valence-electron chi connectivity index (χ2n) is 4.89. The molecule has 0 radical (unpaired) electrons. The van der Waals surface area contributed by atoms with Gasteiger partial charge in [0.15, 0.2) is 0 Å². The highest BCUT2D eigenvalue weighted by Crippen LogP contribution is 2.25. The van der Waals surface area contributed by atoms with Crippen LogP contribution in [0.25, 0.3) is 0 Å². The van der Waals surface area contributed by atoms with E-state index >= 15 is 0 Å². The van der Waals surface area contributed by atoms with E-state index in [1.165, 1.54) is 27.1 Å². The Labute approximate surface area is 120 Å². The number of aryl methyl sites for hydroxylation is 2. The monoisotopic (exact) mass is 271 g/mol. The van der Waals surface area contributed by atoms with E-state index in [4.69, 9.17) is 0 Å². The number of rotatable bonds is 5. The molecule has 0 aromatic heterocycles. The molecular weight excluding hydrogens is 250 g/mol. The molecule has 0 aliphatic rings. The van der Waals surface area contributed by atoms with Crippen molar-refractivity contribution in [2.24, 2.45) is 0 Å². The van der Waals surface area contributed by atoms with Crippen molar-refractivity contribution < 1.29 is 0 Å². The maximum atomic E-state index is 3.17. The molecule has 19 heavy (non-hydrogen) atoms. The highest BCUT2D eigenvalue weighted by molar-refractivity contribution is 7.98. The zero-order valence-electron chi connectivity index (χ0n) is 11.9. The summed E-state index contributed by atoms with van der Waals surface area (Å²) in [5.74, 6) is 1.04. The second-order valence-corrected chi connectivity index (χ2v) is 5.94. The third kappa shape index (κ3) is 4.12. The third-order valence-corrected chi connectivity index (χ3v) is 4.26. The maximum Gasteiger partial charge on any atom is 0.0234 e. The van der Waals surface area contributed by atoms with Gasteiger partial charge in [-0.3, -0.25) is 0 Å². The van der Waals surface area contributed by atoms with Gasteiger partial charge < -0.3 is 5.32 Å². The smallest absolute Gasteiger partial charge is 0.0234 e. The standard InChI is InChI=1S/C17H21NS/c1-13-4-5-14(2)16(10-13)12-19-17-8-6-15(7-9-17)11-18-3/h4-10,18H,11-12H2,1-3H3. The van der Waals surface area contributed by atoms with Gasteiger partial charge in [-0.1, -0.05) is 35.9 Å². The fraction of sp³-hybridized carbons (Fsp3) is 0.294. The van der Waals surface area contributed by atoms with Gasteiger partial charge in [0.2, 0.25) is 0 Å². The Morgan fingerprint density at radius 1 is 1.00 bits per heavy atom. The third-order valence-electron chi connectivity index (χ3n) is 3.20. The second kappa shape index (κ2) is 6.78. The topological polar surface area (TPSA) is 12.0 Å². The predicted octanol–water partition coefficient (Wildman–Crippen LogP) is 4.32. The van der Waals surface area contributed by atoms with Crippen LogP contribution in [0, 0.1) is 13.8 Å². The molecule has 2 heteroatoms. The molecule has 2 rings (SSSR count). The first-order chi connectivity index (χ1) is 9.19. The Morgan fingerprint density at radius 3 is 2.42 bits per heavy atom. The zero-order valence-corrected chi connectivity index (χ0v) is 12.7. The summed E-state index contributed by atoms with van der Waals surface area (Å²) in [7, 11) is 1.98. The van der Waals surface area contributed by atoms with Gasteiger partial charge >= 0.3 is 0 Å². The summed E-state index contributed by atoms with van der Waals surface area (Å²) in [5, 5.41) is 3.17. The lowest BCUT2D eigenvalue weighted by Gasteiger charge is -2.08. The first kappa shape index (κ1) is 14.2. The highest BCUT2D eigenvalue weighted by Gasteiger charge is 2.01. The summed E-state index contributed by atoms with van der Waals surface area (Å²) in [4.78, 5) is 1.33. The van der Waals surface area contributed by atoms with Gasteiger partial charge in [-0.25, -0.2) is 0 Å². The van der Waals surface area contributed by atoms with Gasteiger partial charge in [-0.05, 0) is 49.7 Å². The van der Waals surface area contributed by atoms with Crippen molar-refractivity contribution in [3.05, 3.63) is 64.7 Å². The molecular formula is C17H21NS. The van der Waals surface area contributed by atoms with Crippen LogP contribution in [0.3, 0.4) is 0 Å². The number of thioether (sulfide) groups is 1. The summed E-state index contributed by atoms with van der Waals surface area (Å²) in [6, 6.07) is 15.5. The van der Waals surface area contributed by atoms with Gasteiger partial charge in [0, 0.05) is 17.2 Å². The molecule has 0 unspecified atom stereocenters. The van der Waals surface area contributed by atoms with Crippen molar-refractivity contribution in [1.82, 2.24) is 5.32 Å². The summed E-state index contributed by atoms with van der Waals surface area (Å²) in [6.07, 6.45) is 0. The molecule has 0 amide bonds. The predicted molar refractivity (Wildman–Crippen MR) is 84.7 cm³/mol. The molecule has 2 aromatic carbocycles. The lowest BCUT2D eigenvalue weighted by Crippen LogP contribution is -2.04. The molecule has 0 aliphatic heterocycles. The van der Waals surface area contributed by atoms with Crippen LogP contribution in [0.1, 0.15) is 22.3 Å². The molecule has 2 aromatic rings. The van der Waals surface area contributed by atoms with E-state index < -0.39 is 0 Å². The van der Waals surface area contributed by atoms with Crippen LogP contribution in [0.4, 0.5) is 0 Å². The molecule has 0 aliphatic carbocycles. The number of nitrogens with one attached hydrogen (secondary N) is 1. The van der Waals surface area contributed by atoms with Crippen molar-refractivity contribution in [1.29, 1.82) is 0 Å². The average molecular weight is 271 g/mol. The molecule has 1 N–H and O–H groups in total. The van der Waals surface area contributed by atoms with Crippen molar-refractivity contribution in [3.8, 4) is 0 Å². The van der Waals surface area contributed by atoms with Crippen LogP contribution in [0.2, 0.25) is 0 Å². The molecule has 0 saturated heterocycles. The summed E-state index contributed by atoms with van der Waals surface area (Å²) < 4.78 is 0. The Kier molecular flexibility index (Phi) is 5.06. The van der Waals surface area contributed by atoms with Gasteiger partial charge in [0.1, 0.15) is 0 Å². The summed E-state index contributed by atoms with van der Waals surface area (Å²) >= 11 is 1.90. The summed E-state index contributed by atoms with van der Waals surface area (Å²) in [5.41, 5.74) is 5.48. The average Bonchev–Trinajstić information content (AvgIpc) is 2.42. The normalized spacial score (nSPS) is 10.7. The Bertz CT molecular complexity index is 531. The van der Waals surface area contributed by atoms with Crippen molar-refractivity contribution in [3.63, 3.8) is 0 Å². The highest BCUT2D eigenvalue weighted by atomic mass is 32.2. The van der Waals surface area contributed by atoms with E-state index in [-0.39, 0.29) is 0 Å². The number of hydrogen-bond donors (Lipinski definition) is 1. The van der Waals surface area contributed by atoms with E-state index in [0.717, 1.165) is 12.3 Å². The SMILES string of the molecule is CNCc1ccc(SCc2cc(C)ccc2C)cc1. The number of benzene rings is 2. The van der Waals surface area contributed by atoms with Gasteiger partial charge in [0.25, 0.3) is 0 Å². The van der Waals surface area contributed by atoms with Crippen molar-refractivity contribution in [2.75, 3.05) is 7.05 Å². The maximum absolute atomic E-state index is 3.17. The van der Waals surface area contributed by atoms with E-state index in [1.54, 1.807) is 0 Å². The quantitative estimate of drug-likeness (QED) is 0.813. The zero-order chi connectivity index (χ0) is 13.7. The molecule has 1 nitrogen and oxygen atoms in total. The Balaban J connectivity index is 2.00. The molecule has 0 saturated carbocycles. The molecule has 0 heterocycles. The molecule has 0 bridgehead atoms. The lowest BCUT2D eigenvalue weighted by molar-refractivity contribution is 0.817. The first-order valence-corrected chi connectivity index (χ1v) is 7.60. The van der Waals surface area contributed by atoms with Crippen LogP contribution in [-0.2, 0) is 12.3 Å². The molecule has 0 fully saturated rings. The van der Waals surface area contributed by atoms with Crippen LogP contribution in [0.5, 0.6) is 0 Å². The van der Waals surface area contributed by atoms with E-state index in [9.17, 15) is 0 Å². The van der Waals surface area contributed by atoms with E-state index in [2.05, 4.69) is 61.6 Å². The van der Waals surface area contributed by atoms with Gasteiger partial charge in [0.05, 0.1) is 0 Å². The fourth-order valence-electron chi connectivity index (χ4n) is 2.02. The van der Waals surface area contributed by atoms with Crippen molar-refractivity contribution in [2.45, 2.75) is 31.0 Å². The Morgan fingerprint density at radius 2 is 1.74 bits per heavy atom. The molecule has 100 valence electrons. The number of hydrogen-bond acceptors (Lipinski definition) is 2. The van der Waals surface area contributed by atoms with E-state index in [1.807, 2.05) is 18.8 Å². The Hall–Kier alpha value is -1.25. The molecule has 0 spiro atoms. The van der Waals surface area contributed by atoms with Crippen LogP contribution in [0.15, 0.2) is 47.4 Å². The van der Waals surface area contributed by atoms with Crippen LogP contribution in [-0.4, -0.2) is 7.05 Å². The minimum absolute atomic E-state index is 0.932. The summed E-state index contributed by atoms with van der Waals surface area (Å²) in [6.45, 7) is 5.27. The van der Waals surface area contributed by atoms with Gasteiger partial charge in [-0.2, -0.15) is 0 Å². The molecule has 0 atom stereocenters. The minimum atomic E-state index is 0.932.